The minimum atomic E-state index is 0.551. The van der Waals surface area contributed by atoms with Crippen LogP contribution in [0.1, 0.15) is 5.89 Å². The van der Waals surface area contributed by atoms with E-state index in [1.54, 1.807) is 40.8 Å². The summed E-state index contributed by atoms with van der Waals surface area (Å²) in [6.07, 6.45) is 1.59. The van der Waals surface area contributed by atoms with Gasteiger partial charge >= 0.3 is 0 Å². The molecule has 0 bridgehead atoms. The van der Waals surface area contributed by atoms with Crippen LogP contribution in [0.2, 0.25) is 0 Å². The highest BCUT2D eigenvalue weighted by atomic mass is 79.9. The van der Waals surface area contributed by atoms with Crippen LogP contribution in [0.15, 0.2) is 43.1 Å². The number of thiophene rings is 2. The fourth-order valence-corrected chi connectivity index (χ4v) is 4.78. The SMILES string of the molecule is Brc1ccc(-c2nnc(CSc3ncnc4sccc34)o2)s1. The third-order valence-electron chi connectivity index (χ3n) is 2.81. The van der Waals surface area contributed by atoms with Gasteiger partial charge in [0.25, 0.3) is 5.89 Å². The number of hydrogen-bond donors (Lipinski definition) is 0. The Morgan fingerprint density at radius 3 is 3.00 bits per heavy atom. The van der Waals surface area contributed by atoms with Gasteiger partial charge in [-0.25, -0.2) is 9.97 Å². The number of fused-ring (bicyclic) bond motifs is 1. The largest absolute Gasteiger partial charge is 0.419 e. The smallest absolute Gasteiger partial charge is 0.257 e. The highest BCUT2D eigenvalue weighted by Crippen LogP contribution is 2.32. The molecule has 0 aliphatic carbocycles. The number of rotatable bonds is 4. The quantitative estimate of drug-likeness (QED) is 0.353. The van der Waals surface area contributed by atoms with Crippen LogP contribution in [-0.2, 0) is 5.75 Å². The van der Waals surface area contributed by atoms with Gasteiger partial charge in [-0.2, -0.15) is 0 Å². The Labute approximate surface area is 146 Å². The lowest BCUT2D eigenvalue weighted by Crippen LogP contribution is -1.85. The van der Waals surface area contributed by atoms with Gasteiger partial charge in [-0.3, -0.25) is 0 Å². The average molecular weight is 411 g/mol. The second-order valence-electron chi connectivity index (χ2n) is 4.21. The molecule has 0 saturated heterocycles. The fraction of sp³-hybridized carbons (Fsp3) is 0.0769. The maximum Gasteiger partial charge on any atom is 0.257 e. The van der Waals surface area contributed by atoms with Crippen LogP contribution < -0.4 is 0 Å². The van der Waals surface area contributed by atoms with Gasteiger partial charge in [0.05, 0.1) is 14.4 Å². The zero-order chi connectivity index (χ0) is 14.9. The Balaban J connectivity index is 1.52. The van der Waals surface area contributed by atoms with Crippen molar-refractivity contribution >= 4 is 60.6 Å². The Bertz CT molecular complexity index is 932. The van der Waals surface area contributed by atoms with Crippen molar-refractivity contribution in [1.82, 2.24) is 20.2 Å². The van der Waals surface area contributed by atoms with Gasteiger partial charge in [0.15, 0.2) is 0 Å². The molecule has 0 N–H and O–H groups in total. The zero-order valence-corrected chi connectivity index (χ0v) is 14.9. The van der Waals surface area contributed by atoms with E-state index in [2.05, 4.69) is 36.1 Å². The molecule has 0 fully saturated rings. The molecule has 0 atom stereocenters. The number of thioether (sulfide) groups is 1. The Morgan fingerprint density at radius 2 is 2.14 bits per heavy atom. The molecule has 5 nitrogen and oxygen atoms in total. The molecule has 0 amide bonds. The first kappa shape index (κ1) is 14.3. The van der Waals surface area contributed by atoms with Crippen molar-refractivity contribution in [3.05, 3.63) is 39.6 Å². The Kier molecular flexibility index (Phi) is 3.95. The molecule has 4 heterocycles. The Morgan fingerprint density at radius 1 is 1.18 bits per heavy atom. The van der Waals surface area contributed by atoms with Crippen molar-refractivity contribution in [3.63, 3.8) is 0 Å². The van der Waals surface area contributed by atoms with Crippen molar-refractivity contribution in [2.24, 2.45) is 0 Å². The lowest BCUT2D eigenvalue weighted by Gasteiger charge is -1.98. The van der Waals surface area contributed by atoms with Gasteiger partial charge in [0, 0.05) is 5.39 Å². The second-order valence-corrected chi connectivity index (χ2v) is 8.53. The predicted octanol–water partition coefficient (Wildman–Crippen LogP) is 4.86. The first-order chi connectivity index (χ1) is 10.8. The molecule has 0 aliphatic rings. The van der Waals surface area contributed by atoms with Crippen molar-refractivity contribution in [1.29, 1.82) is 0 Å². The Hall–Kier alpha value is -1.29. The van der Waals surface area contributed by atoms with E-state index < -0.39 is 0 Å². The molecule has 9 heteroatoms. The number of halogens is 1. The van der Waals surface area contributed by atoms with Gasteiger partial charge in [-0.15, -0.1) is 32.9 Å². The number of aromatic nitrogens is 4. The summed E-state index contributed by atoms with van der Waals surface area (Å²) in [6, 6.07) is 5.95. The van der Waals surface area contributed by atoms with E-state index >= 15 is 0 Å². The molecule has 0 radical (unpaired) electrons. The van der Waals surface area contributed by atoms with Crippen molar-refractivity contribution < 1.29 is 4.42 Å². The van der Waals surface area contributed by atoms with Crippen molar-refractivity contribution in [2.75, 3.05) is 0 Å². The first-order valence-electron chi connectivity index (χ1n) is 6.19. The van der Waals surface area contributed by atoms with Gasteiger partial charge in [0.1, 0.15) is 16.2 Å². The van der Waals surface area contributed by atoms with Crippen molar-refractivity contribution in [3.8, 4) is 10.8 Å². The van der Waals surface area contributed by atoms with Gasteiger partial charge in [-0.1, -0.05) is 11.8 Å². The van der Waals surface area contributed by atoms with Crippen molar-refractivity contribution in [2.45, 2.75) is 10.8 Å². The number of hydrogen-bond acceptors (Lipinski definition) is 8. The van der Waals surface area contributed by atoms with E-state index in [0.29, 0.717) is 17.5 Å². The lowest BCUT2D eigenvalue weighted by molar-refractivity contribution is 0.529. The summed E-state index contributed by atoms with van der Waals surface area (Å²) in [6.45, 7) is 0. The van der Waals surface area contributed by atoms with E-state index in [9.17, 15) is 0 Å². The van der Waals surface area contributed by atoms with Gasteiger partial charge in [0.2, 0.25) is 5.89 Å². The topological polar surface area (TPSA) is 64.7 Å². The summed E-state index contributed by atoms with van der Waals surface area (Å²) in [5.74, 6) is 1.72. The van der Waals surface area contributed by atoms with Crippen LogP contribution >= 0.6 is 50.4 Å². The monoisotopic (exact) mass is 410 g/mol. The minimum absolute atomic E-state index is 0.551. The van der Waals surface area contributed by atoms with E-state index in [-0.39, 0.29) is 0 Å². The molecule has 0 aliphatic heterocycles. The number of nitrogens with zero attached hydrogens (tertiary/aromatic N) is 4. The normalized spacial score (nSPS) is 11.3. The average Bonchev–Trinajstić information content (AvgIpc) is 3.24. The third-order valence-corrected chi connectivity index (χ3v) is 6.23. The maximum absolute atomic E-state index is 5.70. The highest BCUT2D eigenvalue weighted by Gasteiger charge is 2.12. The van der Waals surface area contributed by atoms with Gasteiger partial charge in [-0.05, 0) is 39.5 Å². The summed E-state index contributed by atoms with van der Waals surface area (Å²) in [4.78, 5) is 10.5. The van der Waals surface area contributed by atoms with E-state index in [1.807, 2.05) is 23.6 Å². The summed E-state index contributed by atoms with van der Waals surface area (Å²) < 4.78 is 6.74. The molecule has 110 valence electrons. The molecule has 4 aromatic rings. The molecular weight excluding hydrogens is 404 g/mol. The molecule has 4 rings (SSSR count). The highest BCUT2D eigenvalue weighted by molar-refractivity contribution is 9.11. The van der Waals surface area contributed by atoms with Gasteiger partial charge < -0.3 is 4.42 Å². The summed E-state index contributed by atoms with van der Waals surface area (Å²) in [5, 5.41) is 12.2. The summed E-state index contributed by atoms with van der Waals surface area (Å²) >= 11 is 8.18. The molecule has 0 spiro atoms. The molecule has 4 aromatic heterocycles. The summed E-state index contributed by atoms with van der Waals surface area (Å²) in [5.41, 5.74) is 0. The third kappa shape index (κ3) is 2.81. The fourth-order valence-electron chi connectivity index (χ4n) is 1.85. The second kappa shape index (κ2) is 6.07. The maximum atomic E-state index is 5.70. The molecular formula is C13H7BrN4OS3. The molecule has 0 aromatic carbocycles. The lowest BCUT2D eigenvalue weighted by atomic mass is 10.4. The molecule has 0 saturated carbocycles. The summed E-state index contributed by atoms with van der Waals surface area (Å²) in [7, 11) is 0. The van der Waals surface area contributed by atoms with Crippen LogP contribution in [0.25, 0.3) is 21.0 Å². The van der Waals surface area contributed by atoms with Crippen LogP contribution in [0, 0.1) is 0 Å². The van der Waals surface area contributed by atoms with Crippen LogP contribution in [0.3, 0.4) is 0 Å². The predicted molar refractivity (Wildman–Crippen MR) is 92.3 cm³/mol. The molecule has 0 unspecified atom stereocenters. The van der Waals surface area contributed by atoms with E-state index in [0.717, 1.165) is 23.9 Å². The zero-order valence-electron chi connectivity index (χ0n) is 10.9. The first-order valence-corrected chi connectivity index (χ1v) is 9.66. The van der Waals surface area contributed by atoms with Crippen LogP contribution in [-0.4, -0.2) is 20.2 Å². The van der Waals surface area contributed by atoms with E-state index in [4.69, 9.17) is 4.42 Å². The van der Waals surface area contributed by atoms with Crippen LogP contribution in [0.5, 0.6) is 0 Å². The van der Waals surface area contributed by atoms with E-state index in [1.165, 1.54) is 0 Å². The van der Waals surface area contributed by atoms with Crippen LogP contribution in [0.4, 0.5) is 0 Å². The molecule has 22 heavy (non-hydrogen) atoms. The minimum Gasteiger partial charge on any atom is -0.419 e. The standard InChI is InChI=1S/C13H7BrN4OS3/c14-9-2-1-8(22-9)11-18-17-10(19-11)5-21-13-7-3-4-20-12(7)15-6-16-13/h1-4,6H,5H2.